The number of methoxy groups -OCH3 is 2. The van der Waals surface area contributed by atoms with E-state index in [1.54, 1.807) is 31.2 Å². The van der Waals surface area contributed by atoms with Crippen LogP contribution in [0.5, 0.6) is 17.2 Å². The topological polar surface area (TPSA) is 135 Å². The molecule has 2 heterocycles. The zero-order valence-electron chi connectivity index (χ0n) is 17.6. The molecule has 9 nitrogen and oxygen atoms in total. The third-order valence-electron chi connectivity index (χ3n) is 5.05. The summed E-state index contributed by atoms with van der Waals surface area (Å²) in [4.78, 5) is 28.8. The summed E-state index contributed by atoms with van der Waals surface area (Å²) >= 11 is 0. The number of aromatic hydroxyl groups is 1. The third kappa shape index (κ3) is 3.24. The molecule has 9 heteroatoms. The lowest BCUT2D eigenvalue weighted by Gasteiger charge is -2.15. The van der Waals surface area contributed by atoms with Crippen molar-refractivity contribution in [2.24, 2.45) is 0 Å². The van der Waals surface area contributed by atoms with Crippen molar-refractivity contribution in [1.29, 1.82) is 5.41 Å². The highest BCUT2D eigenvalue weighted by molar-refractivity contribution is 6.12. The van der Waals surface area contributed by atoms with Gasteiger partial charge in [0.05, 0.1) is 31.7 Å². The molecular formula is C23H20N2O7. The SMILES string of the molecule is CCOC(=O)c1c(-c2cc(OC)c(O)c(OC)c2)c2c(=O)[nH]c3ccccc3c2oc1=N. The van der Waals surface area contributed by atoms with Gasteiger partial charge >= 0.3 is 5.97 Å². The molecule has 0 aliphatic carbocycles. The van der Waals surface area contributed by atoms with E-state index in [4.69, 9.17) is 24.0 Å². The first-order chi connectivity index (χ1) is 15.4. The fourth-order valence-corrected chi connectivity index (χ4v) is 3.66. The van der Waals surface area contributed by atoms with Crippen LogP contribution in [0.15, 0.2) is 45.6 Å². The quantitative estimate of drug-likeness (QED) is 0.323. The van der Waals surface area contributed by atoms with Crippen molar-refractivity contribution in [3.05, 3.63) is 57.9 Å². The van der Waals surface area contributed by atoms with Crippen LogP contribution in [0.4, 0.5) is 0 Å². The third-order valence-corrected chi connectivity index (χ3v) is 5.05. The molecule has 0 saturated carbocycles. The monoisotopic (exact) mass is 436 g/mol. The summed E-state index contributed by atoms with van der Waals surface area (Å²) < 4.78 is 21.3. The fourth-order valence-electron chi connectivity index (χ4n) is 3.66. The molecule has 4 rings (SSSR count). The maximum atomic E-state index is 13.2. The van der Waals surface area contributed by atoms with Crippen LogP contribution in [0.2, 0.25) is 0 Å². The zero-order chi connectivity index (χ0) is 23.0. The van der Waals surface area contributed by atoms with Crippen molar-refractivity contribution in [2.75, 3.05) is 20.8 Å². The number of pyridine rings is 1. The Hall–Kier alpha value is -4.27. The van der Waals surface area contributed by atoms with Gasteiger partial charge in [0.1, 0.15) is 5.56 Å². The highest BCUT2D eigenvalue weighted by Gasteiger charge is 2.26. The molecule has 2 aromatic carbocycles. The molecule has 0 saturated heterocycles. The summed E-state index contributed by atoms with van der Waals surface area (Å²) in [7, 11) is 2.72. The van der Waals surface area contributed by atoms with Gasteiger partial charge in [0.15, 0.2) is 17.1 Å². The molecule has 0 spiro atoms. The van der Waals surface area contributed by atoms with Crippen LogP contribution in [0.25, 0.3) is 33.0 Å². The summed E-state index contributed by atoms with van der Waals surface area (Å²) in [6, 6.07) is 9.87. The molecule has 0 aliphatic rings. The number of phenolic OH excluding ortho intramolecular Hbond substituents is 1. The number of para-hydroxylation sites is 1. The molecule has 4 aromatic rings. The standard InChI is InChI=1S/C23H20N2O7/c1-4-31-23(28)18-16(11-9-14(29-2)19(26)15(10-11)30-3)17-20(32-21(18)24)12-7-5-6-8-13(12)25-22(17)27/h5-10,24,26H,4H2,1-3H3,(H,25,27). The smallest absolute Gasteiger partial charge is 0.344 e. The molecule has 0 unspecified atom stereocenters. The number of aromatic nitrogens is 1. The predicted octanol–water partition coefficient (Wildman–Crippen LogP) is 3.32. The number of benzene rings is 2. The van der Waals surface area contributed by atoms with Crippen LogP contribution in [0, 0.1) is 5.41 Å². The first-order valence-corrected chi connectivity index (χ1v) is 9.70. The maximum absolute atomic E-state index is 13.2. The molecular weight excluding hydrogens is 416 g/mol. The van der Waals surface area contributed by atoms with Crippen LogP contribution in [0.1, 0.15) is 17.3 Å². The van der Waals surface area contributed by atoms with Gasteiger partial charge in [-0.1, -0.05) is 12.1 Å². The van der Waals surface area contributed by atoms with E-state index in [2.05, 4.69) is 4.98 Å². The van der Waals surface area contributed by atoms with Crippen molar-refractivity contribution in [3.8, 4) is 28.4 Å². The first-order valence-electron chi connectivity index (χ1n) is 9.70. The van der Waals surface area contributed by atoms with Crippen molar-refractivity contribution in [2.45, 2.75) is 6.92 Å². The average Bonchev–Trinajstić information content (AvgIpc) is 2.78. The lowest BCUT2D eigenvalue weighted by molar-refractivity contribution is 0.0522. The summed E-state index contributed by atoms with van der Waals surface area (Å²) in [5, 5.41) is 19.4. The van der Waals surface area contributed by atoms with Gasteiger partial charge in [-0.15, -0.1) is 0 Å². The predicted molar refractivity (Wildman–Crippen MR) is 116 cm³/mol. The number of rotatable bonds is 5. The Morgan fingerprint density at radius 1 is 1.16 bits per heavy atom. The van der Waals surface area contributed by atoms with Gasteiger partial charge in [0, 0.05) is 10.9 Å². The molecule has 32 heavy (non-hydrogen) atoms. The molecule has 0 bridgehead atoms. The van der Waals surface area contributed by atoms with Crippen molar-refractivity contribution in [3.63, 3.8) is 0 Å². The number of ether oxygens (including phenoxy) is 3. The Labute approximate surface area is 181 Å². The Morgan fingerprint density at radius 2 is 1.81 bits per heavy atom. The van der Waals surface area contributed by atoms with Crippen LogP contribution >= 0.6 is 0 Å². The molecule has 0 aliphatic heterocycles. The van der Waals surface area contributed by atoms with Gasteiger partial charge in [-0.25, -0.2) is 4.79 Å². The van der Waals surface area contributed by atoms with Gasteiger partial charge in [-0.2, -0.15) is 0 Å². The van der Waals surface area contributed by atoms with Gasteiger partial charge in [-0.3, -0.25) is 10.2 Å². The van der Waals surface area contributed by atoms with Gasteiger partial charge < -0.3 is 28.7 Å². The number of carbonyl (C=O) groups is 1. The molecule has 0 radical (unpaired) electrons. The first kappa shape index (κ1) is 21.0. The number of aromatic amines is 1. The Balaban J connectivity index is 2.25. The van der Waals surface area contributed by atoms with Crippen LogP contribution in [-0.2, 0) is 4.74 Å². The van der Waals surface area contributed by atoms with E-state index in [0.29, 0.717) is 16.5 Å². The summed E-state index contributed by atoms with van der Waals surface area (Å²) in [6.45, 7) is 1.69. The molecule has 3 N–H and O–H groups in total. The Bertz CT molecular complexity index is 1460. The van der Waals surface area contributed by atoms with E-state index in [0.717, 1.165) is 0 Å². The van der Waals surface area contributed by atoms with Gasteiger partial charge in [0.2, 0.25) is 11.3 Å². The lowest BCUT2D eigenvalue weighted by atomic mass is 9.96. The number of fused-ring (bicyclic) bond motifs is 3. The summed E-state index contributed by atoms with van der Waals surface area (Å²) in [5.41, 5.74) is -0.142. The number of hydrogen-bond donors (Lipinski definition) is 3. The van der Waals surface area contributed by atoms with Crippen molar-refractivity contribution >= 4 is 27.8 Å². The summed E-state index contributed by atoms with van der Waals surface area (Å²) in [6.07, 6.45) is 0. The van der Waals surface area contributed by atoms with E-state index < -0.39 is 17.1 Å². The molecule has 0 amide bonds. The minimum Gasteiger partial charge on any atom is -0.502 e. The second-order valence-corrected chi connectivity index (χ2v) is 6.83. The number of phenols is 1. The van der Waals surface area contributed by atoms with Crippen molar-refractivity contribution < 1.29 is 28.5 Å². The van der Waals surface area contributed by atoms with Crippen molar-refractivity contribution in [1.82, 2.24) is 4.98 Å². The molecule has 0 atom stereocenters. The zero-order valence-corrected chi connectivity index (χ0v) is 17.6. The Morgan fingerprint density at radius 3 is 2.44 bits per heavy atom. The number of H-pyrrole nitrogens is 1. The van der Waals surface area contributed by atoms with E-state index in [9.17, 15) is 14.7 Å². The van der Waals surface area contributed by atoms with Crippen LogP contribution in [-0.4, -0.2) is 36.9 Å². The van der Waals surface area contributed by atoms with Crippen LogP contribution in [0.3, 0.4) is 0 Å². The second kappa shape index (κ2) is 8.10. The minimum atomic E-state index is -0.822. The van der Waals surface area contributed by atoms with E-state index in [-0.39, 0.29) is 46.0 Å². The van der Waals surface area contributed by atoms with Gasteiger partial charge in [0.25, 0.3) is 5.56 Å². The number of nitrogens with one attached hydrogen (secondary N) is 2. The lowest BCUT2D eigenvalue weighted by Crippen LogP contribution is -2.21. The number of hydrogen-bond acceptors (Lipinski definition) is 8. The van der Waals surface area contributed by atoms with E-state index >= 15 is 0 Å². The van der Waals surface area contributed by atoms with Crippen LogP contribution < -0.4 is 20.6 Å². The number of esters is 1. The van der Waals surface area contributed by atoms with Gasteiger partial charge in [-0.05, 0) is 36.8 Å². The molecule has 164 valence electrons. The van der Waals surface area contributed by atoms with E-state index in [1.807, 2.05) is 0 Å². The maximum Gasteiger partial charge on any atom is 0.344 e. The summed E-state index contributed by atoms with van der Waals surface area (Å²) in [5.74, 6) is -0.942. The Kier molecular flexibility index (Phi) is 5.31. The highest BCUT2D eigenvalue weighted by Crippen LogP contribution is 2.42. The fraction of sp³-hybridized carbons (Fsp3) is 0.174. The average molecular weight is 436 g/mol. The highest BCUT2D eigenvalue weighted by atomic mass is 16.5. The second-order valence-electron chi connectivity index (χ2n) is 6.83. The molecule has 2 aromatic heterocycles. The largest absolute Gasteiger partial charge is 0.502 e. The minimum absolute atomic E-state index is 0.0533. The van der Waals surface area contributed by atoms with E-state index in [1.165, 1.54) is 26.4 Å². The molecule has 0 fully saturated rings. The number of carbonyl (C=O) groups excluding carboxylic acids is 1. The normalized spacial score (nSPS) is 11.0.